The highest BCUT2D eigenvalue weighted by molar-refractivity contribution is 6.39. The van der Waals surface area contributed by atoms with Gasteiger partial charge in [-0.05, 0) is 30.2 Å². The number of nitrogens with zero attached hydrogens (tertiary/aromatic N) is 2. The van der Waals surface area contributed by atoms with Crippen LogP contribution in [-0.4, -0.2) is 21.6 Å². The number of carbonyl (C=O) groups is 2. The molecule has 0 radical (unpaired) electrons. The Morgan fingerprint density at radius 1 is 1.28 bits per heavy atom. The minimum absolute atomic E-state index is 0.132. The zero-order valence-electron chi connectivity index (χ0n) is 14.8. The summed E-state index contributed by atoms with van der Waals surface area (Å²) in [6.45, 7) is 4.15. The molecule has 2 amide bonds. The average Bonchev–Trinajstić information content (AvgIpc) is 3.23. The molecule has 1 heterocycles. The fourth-order valence-corrected chi connectivity index (χ4v) is 3.11. The number of nitrogens with one attached hydrogen (secondary N) is 2. The number of benzene rings is 1. The van der Waals surface area contributed by atoms with E-state index in [4.69, 9.17) is 0 Å². The first kappa shape index (κ1) is 17.2. The predicted molar refractivity (Wildman–Crippen MR) is 95.8 cm³/mol. The topological polar surface area (TPSA) is 76.0 Å². The predicted octanol–water partition coefficient (Wildman–Crippen LogP) is 2.43. The third kappa shape index (κ3) is 3.90. The van der Waals surface area contributed by atoms with Crippen molar-refractivity contribution in [2.75, 3.05) is 5.32 Å². The summed E-state index contributed by atoms with van der Waals surface area (Å²) in [5.41, 5.74) is 1.90. The first-order valence-corrected chi connectivity index (χ1v) is 8.69. The molecule has 25 heavy (non-hydrogen) atoms. The van der Waals surface area contributed by atoms with Gasteiger partial charge >= 0.3 is 11.8 Å². The van der Waals surface area contributed by atoms with Crippen LogP contribution in [0.2, 0.25) is 0 Å². The molecule has 3 atom stereocenters. The molecule has 1 saturated carbocycles. The van der Waals surface area contributed by atoms with Gasteiger partial charge in [-0.2, -0.15) is 5.10 Å². The molecule has 0 saturated heterocycles. The zero-order chi connectivity index (χ0) is 18.0. The Morgan fingerprint density at radius 3 is 2.52 bits per heavy atom. The van der Waals surface area contributed by atoms with Gasteiger partial charge in [0.15, 0.2) is 0 Å². The third-order valence-corrected chi connectivity index (χ3v) is 4.79. The van der Waals surface area contributed by atoms with Crippen molar-refractivity contribution in [2.45, 2.75) is 32.7 Å². The van der Waals surface area contributed by atoms with Crippen LogP contribution in [0.25, 0.3) is 0 Å². The summed E-state index contributed by atoms with van der Waals surface area (Å²) in [4.78, 5) is 24.7. The largest absolute Gasteiger partial charge is 0.341 e. The van der Waals surface area contributed by atoms with Gasteiger partial charge in [0.05, 0.1) is 11.7 Å². The Labute approximate surface area is 147 Å². The summed E-state index contributed by atoms with van der Waals surface area (Å²) in [6, 6.07) is 11.5. The van der Waals surface area contributed by atoms with Gasteiger partial charge in [0.25, 0.3) is 0 Å². The molecule has 0 aliphatic heterocycles. The molecule has 132 valence electrons. The van der Waals surface area contributed by atoms with Crippen LogP contribution >= 0.6 is 0 Å². The van der Waals surface area contributed by atoms with Crippen molar-refractivity contribution in [3.63, 3.8) is 0 Å². The molecule has 1 aliphatic carbocycles. The normalized spacial score (nSPS) is 20.0. The van der Waals surface area contributed by atoms with Gasteiger partial charge in [-0.1, -0.05) is 44.2 Å². The van der Waals surface area contributed by atoms with Gasteiger partial charge in [-0.15, -0.1) is 0 Å². The second-order valence-corrected chi connectivity index (χ2v) is 6.69. The summed E-state index contributed by atoms with van der Waals surface area (Å²) in [5.74, 6) is 0.167. The number of carbonyl (C=O) groups excluding carboxylic acids is 2. The number of hydrogen-bond acceptors (Lipinski definition) is 3. The van der Waals surface area contributed by atoms with Crippen LogP contribution in [0.1, 0.15) is 37.6 Å². The fraction of sp³-hybridized carbons (Fsp3) is 0.421. The van der Waals surface area contributed by atoms with E-state index in [1.807, 2.05) is 37.3 Å². The molecule has 6 heteroatoms. The van der Waals surface area contributed by atoms with Crippen LogP contribution in [0.4, 0.5) is 5.82 Å². The van der Waals surface area contributed by atoms with Crippen molar-refractivity contribution in [3.05, 3.63) is 47.7 Å². The summed E-state index contributed by atoms with van der Waals surface area (Å²) < 4.78 is 1.57. The van der Waals surface area contributed by atoms with E-state index in [0.29, 0.717) is 17.7 Å². The molecule has 0 unspecified atom stereocenters. The molecule has 3 rings (SSSR count). The summed E-state index contributed by atoms with van der Waals surface area (Å²) >= 11 is 0. The maximum atomic E-state index is 12.4. The zero-order valence-corrected chi connectivity index (χ0v) is 14.8. The highest BCUT2D eigenvalue weighted by atomic mass is 16.2. The van der Waals surface area contributed by atoms with E-state index >= 15 is 0 Å². The molecule has 0 bridgehead atoms. The Morgan fingerprint density at radius 2 is 1.96 bits per heavy atom. The molecular weight excluding hydrogens is 316 g/mol. The number of aromatic nitrogens is 2. The SMILES string of the molecule is CCc1cc(NC(=O)C(=O)N[C@H](c2ccccc2)[C@@H]2C[C@@H]2C)n(C)n1. The molecular formula is C19H24N4O2. The number of anilines is 1. The van der Waals surface area contributed by atoms with Crippen molar-refractivity contribution in [3.8, 4) is 0 Å². The Balaban J connectivity index is 1.68. The lowest BCUT2D eigenvalue weighted by Gasteiger charge is -2.19. The van der Waals surface area contributed by atoms with Crippen LogP contribution in [0.15, 0.2) is 36.4 Å². The molecule has 1 aromatic carbocycles. The van der Waals surface area contributed by atoms with Gasteiger partial charge in [0.1, 0.15) is 5.82 Å². The van der Waals surface area contributed by atoms with E-state index in [0.717, 1.165) is 24.1 Å². The highest BCUT2D eigenvalue weighted by Crippen LogP contribution is 2.46. The van der Waals surface area contributed by atoms with Crippen LogP contribution in [0.5, 0.6) is 0 Å². The van der Waals surface area contributed by atoms with Gasteiger partial charge in [0.2, 0.25) is 0 Å². The standard InChI is InChI=1S/C19H24N4O2/c1-4-14-11-16(23(3)22-14)20-18(24)19(25)21-17(15-10-12(15)2)13-8-6-5-7-9-13/h5-9,11-12,15,17H,4,10H2,1-3H3,(H,20,24)(H,21,25)/t12-,15+,17+/m0/s1. The van der Waals surface area contributed by atoms with Crippen molar-refractivity contribution < 1.29 is 9.59 Å². The summed E-state index contributed by atoms with van der Waals surface area (Å²) in [6.07, 6.45) is 1.83. The summed E-state index contributed by atoms with van der Waals surface area (Å²) in [7, 11) is 1.74. The van der Waals surface area contributed by atoms with Crippen LogP contribution in [-0.2, 0) is 23.1 Å². The lowest BCUT2D eigenvalue weighted by molar-refractivity contribution is -0.136. The fourth-order valence-electron chi connectivity index (χ4n) is 3.11. The molecule has 1 aliphatic rings. The summed E-state index contributed by atoms with van der Waals surface area (Å²) in [5, 5.41) is 9.82. The van der Waals surface area contributed by atoms with Gasteiger partial charge < -0.3 is 10.6 Å². The number of rotatable bonds is 5. The van der Waals surface area contributed by atoms with Crippen molar-refractivity contribution in [1.82, 2.24) is 15.1 Å². The van der Waals surface area contributed by atoms with Crippen molar-refractivity contribution >= 4 is 17.6 Å². The number of amides is 2. The molecule has 2 N–H and O–H groups in total. The second kappa shape index (κ2) is 7.09. The van der Waals surface area contributed by atoms with E-state index in [-0.39, 0.29) is 6.04 Å². The third-order valence-electron chi connectivity index (χ3n) is 4.79. The smallest absolute Gasteiger partial charge is 0.314 e. The Hall–Kier alpha value is -2.63. The lowest BCUT2D eigenvalue weighted by Crippen LogP contribution is -2.39. The molecule has 6 nitrogen and oxygen atoms in total. The minimum Gasteiger partial charge on any atom is -0.341 e. The van der Waals surface area contributed by atoms with E-state index < -0.39 is 11.8 Å². The van der Waals surface area contributed by atoms with E-state index in [1.165, 1.54) is 0 Å². The van der Waals surface area contributed by atoms with Gasteiger partial charge in [0, 0.05) is 13.1 Å². The van der Waals surface area contributed by atoms with Crippen LogP contribution < -0.4 is 10.6 Å². The average molecular weight is 340 g/mol. The van der Waals surface area contributed by atoms with E-state index in [1.54, 1.807) is 17.8 Å². The van der Waals surface area contributed by atoms with Crippen molar-refractivity contribution in [2.24, 2.45) is 18.9 Å². The Bertz CT molecular complexity index is 769. The maximum Gasteiger partial charge on any atom is 0.314 e. The van der Waals surface area contributed by atoms with Gasteiger partial charge in [-0.3, -0.25) is 14.3 Å². The molecule has 2 aromatic rings. The molecule has 1 fully saturated rings. The van der Waals surface area contributed by atoms with E-state index in [2.05, 4.69) is 22.7 Å². The highest BCUT2D eigenvalue weighted by Gasteiger charge is 2.41. The van der Waals surface area contributed by atoms with E-state index in [9.17, 15) is 9.59 Å². The lowest BCUT2D eigenvalue weighted by atomic mass is 10.0. The minimum atomic E-state index is -0.667. The maximum absolute atomic E-state index is 12.4. The first-order chi connectivity index (χ1) is 12.0. The molecule has 1 aromatic heterocycles. The van der Waals surface area contributed by atoms with Crippen LogP contribution in [0, 0.1) is 11.8 Å². The second-order valence-electron chi connectivity index (χ2n) is 6.69. The molecule has 0 spiro atoms. The monoisotopic (exact) mass is 340 g/mol. The van der Waals surface area contributed by atoms with Crippen molar-refractivity contribution in [1.29, 1.82) is 0 Å². The first-order valence-electron chi connectivity index (χ1n) is 8.69. The quantitative estimate of drug-likeness (QED) is 0.821. The van der Waals surface area contributed by atoms with Crippen LogP contribution in [0.3, 0.4) is 0 Å². The number of aryl methyl sites for hydroxylation is 2. The Kier molecular flexibility index (Phi) is 4.88. The van der Waals surface area contributed by atoms with Gasteiger partial charge in [-0.25, -0.2) is 0 Å². The number of hydrogen-bond donors (Lipinski definition) is 2.